The molecule has 29 heavy (non-hydrogen) atoms. The molecule has 3 aromatic rings. The van der Waals surface area contributed by atoms with Crippen molar-refractivity contribution in [3.05, 3.63) is 85.5 Å². The van der Waals surface area contributed by atoms with Crippen molar-refractivity contribution >= 4 is 46.7 Å². The van der Waals surface area contributed by atoms with Crippen molar-refractivity contribution in [2.24, 2.45) is 5.10 Å². The van der Waals surface area contributed by atoms with Gasteiger partial charge in [-0.2, -0.15) is 5.10 Å². The van der Waals surface area contributed by atoms with Crippen LogP contribution in [-0.2, 0) is 13.0 Å². The lowest BCUT2D eigenvalue weighted by Crippen LogP contribution is -2.16. The summed E-state index contributed by atoms with van der Waals surface area (Å²) in [6.45, 7) is 2.48. The molecule has 0 radical (unpaired) electrons. The minimum Gasteiger partial charge on any atom is -0.489 e. The maximum absolute atomic E-state index is 12.2. The van der Waals surface area contributed by atoms with Crippen molar-refractivity contribution in [1.29, 1.82) is 0 Å². The molecule has 7 heteroatoms. The number of carbonyl (C=O) groups is 1. The van der Waals surface area contributed by atoms with Crippen LogP contribution >= 0.6 is 34.5 Å². The molecule has 0 bridgehead atoms. The fourth-order valence-electron chi connectivity index (χ4n) is 2.59. The second-order valence-corrected chi connectivity index (χ2v) is 8.17. The van der Waals surface area contributed by atoms with Gasteiger partial charge < -0.3 is 4.74 Å². The van der Waals surface area contributed by atoms with Gasteiger partial charge in [-0.15, -0.1) is 11.3 Å². The third kappa shape index (κ3) is 6.32. The molecule has 0 fully saturated rings. The Morgan fingerprint density at radius 3 is 2.83 bits per heavy atom. The van der Waals surface area contributed by atoms with E-state index in [2.05, 4.69) is 17.5 Å². The van der Waals surface area contributed by atoms with Gasteiger partial charge in [0.25, 0.3) is 5.91 Å². The first-order valence-electron chi connectivity index (χ1n) is 9.12. The minimum absolute atomic E-state index is 0.216. The van der Waals surface area contributed by atoms with Crippen LogP contribution in [0, 0.1) is 0 Å². The van der Waals surface area contributed by atoms with E-state index in [1.807, 2.05) is 41.8 Å². The molecular weight excluding hydrogens is 427 g/mol. The number of hydrogen-bond acceptors (Lipinski definition) is 4. The first-order valence-corrected chi connectivity index (χ1v) is 10.8. The van der Waals surface area contributed by atoms with Gasteiger partial charge in [-0.3, -0.25) is 4.79 Å². The maximum Gasteiger partial charge on any atom is 0.272 e. The number of hydrazone groups is 1. The molecular formula is C22H20Cl2N2O2S. The summed E-state index contributed by atoms with van der Waals surface area (Å²) in [5, 5.41) is 6.91. The molecule has 0 unspecified atom stereocenters. The van der Waals surface area contributed by atoms with Crippen LogP contribution in [0.1, 0.15) is 39.7 Å². The van der Waals surface area contributed by atoms with E-state index in [1.165, 1.54) is 4.88 Å². The average Bonchev–Trinajstić information content (AvgIpc) is 3.18. The molecule has 0 spiro atoms. The van der Waals surface area contributed by atoms with E-state index in [9.17, 15) is 4.79 Å². The Morgan fingerprint density at radius 2 is 2.03 bits per heavy atom. The number of benzene rings is 2. The van der Waals surface area contributed by atoms with Gasteiger partial charge in [-0.05, 0) is 47.9 Å². The number of amides is 1. The molecule has 0 aliphatic rings. The Hall–Kier alpha value is -2.34. The van der Waals surface area contributed by atoms with Gasteiger partial charge in [0.1, 0.15) is 12.4 Å². The first kappa shape index (κ1) is 21.4. The highest BCUT2D eigenvalue weighted by molar-refractivity contribution is 7.10. The monoisotopic (exact) mass is 446 g/mol. The maximum atomic E-state index is 12.2. The minimum atomic E-state index is -0.216. The summed E-state index contributed by atoms with van der Waals surface area (Å²) in [5.74, 6) is 0.472. The van der Waals surface area contributed by atoms with Crippen LogP contribution in [-0.4, -0.2) is 12.1 Å². The Morgan fingerprint density at radius 1 is 1.17 bits per heavy atom. The predicted molar refractivity (Wildman–Crippen MR) is 121 cm³/mol. The van der Waals surface area contributed by atoms with E-state index >= 15 is 0 Å². The average molecular weight is 447 g/mol. The zero-order chi connectivity index (χ0) is 20.6. The molecule has 1 amide bonds. The van der Waals surface area contributed by atoms with Gasteiger partial charge in [0.2, 0.25) is 0 Å². The van der Waals surface area contributed by atoms with Crippen LogP contribution in [0.3, 0.4) is 0 Å². The highest BCUT2D eigenvalue weighted by atomic mass is 35.5. The molecule has 3 rings (SSSR count). The Labute approximate surface area is 184 Å². The summed E-state index contributed by atoms with van der Waals surface area (Å²) in [4.78, 5) is 13.4. The molecule has 0 aliphatic carbocycles. The van der Waals surface area contributed by atoms with Gasteiger partial charge >= 0.3 is 0 Å². The Balaban J connectivity index is 1.55. The van der Waals surface area contributed by atoms with Crippen LogP contribution in [0.25, 0.3) is 0 Å². The molecule has 0 saturated heterocycles. The van der Waals surface area contributed by atoms with E-state index in [-0.39, 0.29) is 5.91 Å². The van der Waals surface area contributed by atoms with Crippen LogP contribution in [0.15, 0.2) is 59.0 Å². The van der Waals surface area contributed by atoms with Gasteiger partial charge in [0.05, 0.1) is 21.8 Å². The summed E-state index contributed by atoms with van der Waals surface area (Å²) in [6, 6.07) is 14.7. The van der Waals surface area contributed by atoms with Crippen molar-refractivity contribution in [2.45, 2.75) is 26.4 Å². The van der Waals surface area contributed by atoms with Crippen molar-refractivity contribution in [3.8, 4) is 5.75 Å². The summed E-state index contributed by atoms with van der Waals surface area (Å²) in [7, 11) is 0. The Kier molecular flexibility index (Phi) is 7.69. The zero-order valence-corrected chi connectivity index (χ0v) is 18.2. The molecule has 2 aromatic carbocycles. The van der Waals surface area contributed by atoms with E-state index < -0.39 is 0 Å². The molecule has 0 aliphatic heterocycles. The van der Waals surface area contributed by atoms with Gasteiger partial charge in [0, 0.05) is 10.3 Å². The number of thiophene rings is 1. The summed E-state index contributed by atoms with van der Waals surface area (Å²) >= 11 is 13.5. The predicted octanol–water partition coefficient (Wildman–Crippen LogP) is 6.35. The van der Waals surface area contributed by atoms with E-state index in [4.69, 9.17) is 27.9 Å². The molecule has 0 atom stereocenters. The lowest BCUT2D eigenvalue weighted by atomic mass is 10.2. The van der Waals surface area contributed by atoms with Crippen molar-refractivity contribution < 1.29 is 9.53 Å². The highest BCUT2D eigenvalue weighted by Crippen LogP contribution is 2.23. The number of rotatable bonds is 8. The van der Waals surface area contributed by atoms with E-state index in [1.54, 1.807) is 29.7 Å². The van der Waals surface area contributed by atoms with Gasteiger partial charge in [0.15, 0.2) is 0 Å². The third-order valence-corrected chi connectivity index (χ3v) is 5.78. The third-order valence-electron chi connectivity index (χ3n) is 4.04. The number of carbonyl (C=O) groups excluding carboxylic acids is 1. The number of nitrogens with one attached hydrogen (secondary N) is 1. The van der Waals surface area contributed by atoms with Gasteiger partial charge in [-0.1, -0.05) is 54.7 Å². The normalized spacial score (nSPS) is 11.0. The van der Waals surface area contributed by atoms with Crippen LogP contribution in [0.2, 0.25) is 10.0 Å². The second kappa shape index (κ2) is 10.4. The van der Waals surface area contributed by atoms with Crippen LogP contribution in [0.5, 0.6) is 5.75 Å². The fraction of sp³-hybridized carbons (Fsp3) is 0.182. The quantitative estimate of drug-likeness (QED) is 0.323. The molecule has 150 valence electrons. The Bertz CT molecular complexity index is 1020. The summed E-state index contributed by atoms with van der Waals surface area (Å²) < 4.78 is 5.80. The van der Waals surface area contributed by atoms with E-state index in [0.29, 0.717) is 28.0 Å². The number of ether oxygens (including phenoxy) is 1. The molecule has 4 nitrogen and oxygen atoms in total. The van der Waals surface area contributed by atoms with Crippen LogP contribution in [0.4, 0.5) is 0 Å². The lowest BCUT2D eigenvalue weighted by Gasteiger charge is -2.08. The second-order valence-electron chi connectivity index (χ2n) is 6.36. The molecule has 1 aromatic heterocycles. The summed E-state index contributed by atoms with van der Waals surface area (Å²) in [5.41, 5.74) is 4.93. The van der Waals surface area contributed by atoms with Crippen LogP contribution < -0.4 is 10.2 Å². The van der Waals surface area contributed by atoms with Crippen molar-refractivity contribution in [1.82, 2.24) is 5.43 Å². The first-order chi connectivity index (χ1) is 14.0. The number of hydrogen-bond donors (Lipinski definition) is 1. The highest BCUT2D eigenvalue weighted by Gasteiger charge is 2.07. The number of aryl methyl sites for hydroxylation is 1. The van der Waals surface area contributed by atoms with Crippen molar-refractivity contribution in [2.75, 3.05) is 0 Å². The summed E-state index contributed by atoms with van der Waals surface area (Å²) in [6.07, 6.45) is 3.63. The molecule has 1 heterocycles. The molecule has 0 saturated carbocycles. The largest absolute Gasteiger partial charge is 0.489 e. The SMILES string of the molecule is CCCc1cc(C(=O)N/N=C\c2cccc(OCc3ccc(Cl)c(Cl)c3)c2)cs1. The van der Waals surface area contributed by atoms with E-state index in [0.717, 1.165) is 24.0 Å². The van der Waals surface area contributed by atoms with Gasteiger partial charge in [-0.25, -0.2) is 5.43 Å². The molecule has 1 N–H and O–H groups in total. The topological polar surface area (TPSA) is 50.7 Å². The number of halogens is 2. The number of nitrogens with zero attached hydrogens (tertiary/aromatic N) is 1. The zero-order valence-electron chi connectivity index (χ0n) is 15.8. The lowest BCUT2D eigenvalue weighted by molar-refractivity contribution is 0.0955. The standard InChI is InChI=1S/C22H20Cl2N2O2S/c1-2-4-19-11-17(14-29-19)22(27)26-25-12-15-5-3-6-18(9-15)28-13-16-7-8-20(23)21(24)10-16/h3,5-12,14H,2,4,13H2,1H3,(H,26,27)/b25-12-. The van der Waals surface area contributed by atoms with Crippen molar-refractivity contribution in [3.63, 3.8) is 0 Å². The smallest absolute Gasteiger partial charge is 0.272 e. The fourth-order valence-corrected chi connectivity index (χ4v) is 3.88.